The van der Waals surface area contributed by atoms with Crippen LogP contribution in [0.2, 0.25) is 0 Å². The van der Waals surface area contributed by atoms with Crippen molar-refractivity contribution in [2.75, 3.05) is 10.8 Å². The molecule has 3 aromatic carbocycles. The molecule has 0 aliphatic carbocycles. The number of hydrogen-bond acceptors (Lipinski definition) is 3. The van der Waals surface area contributed by atoms with Gasteiger partial charge in [-0.2, -0.15) is 0 Å². The van der Waals surface area contributed by atoms with Crippen molar-refractivity contribution in [3.63, 3.8) is 0 Å². The van der Waals surface area contributed by atoms with E-state index in [0.29, 0.717) is 0 Å². The number of carbonyl (C=O) groups is 1. The Bertz CT molecular complexity index is 1060. The van der Waals surface area contributed by atoms with Crippen molar-refractivity contribution < 1.29 is 17.6 Å². The molecule has 1 N–H and O–H groups in total. The molecule has 1 unspecified atom stereocenters. The second kappa shape index (κ2) is 8.87. The molecule has 0 aromatic heterocycles. The van der Waals surface area contributed by atoms with Crippen molar-refractivity contribution in [3.05, 3.63) is 96.3 Å². The van der Waals surface area contributed by atoms with Crippen LogP contribution in [0.1, 0.15) is 18.5 Å². The first kappa shape index (κ1) is 20.5. The van der Waals surface area contributed by atoms with Gasteiger partial charge in [-0.1, -0.05) is 48.5 Å². The highest BCUT2D eigenvalue weighted by atomic mass is 32.2. The third kappa shape index (κ3) is 5.00. The van der Waals surface area contributed by atoms with Crippen LogP contribution in [0.25, 0.3) is 0 Å². The molecule has 0 heterocycles. The predicted molar refractivity (Wildman–Crippen MR) is 110 cm³/mol. The molecule has 0 saturated carbocycles. The molecule has 1 atom stereocenters. The Kier molecular flexibility index (Phi) is 6.29. The molecule has 1 amide bonds. The van der Waals surface area contributed by atoms with Gasteiger partial charge in [0.25, 0.3) is 10.0 Å². The molecule has 0 aliphatic rings. The molecule has 0 saturated heterocycles. The second-order valence-electron chi connectivity index (χ2n) is 6.50. The second-order valence-corrected chi connectivity index (χ2v) is 8.36. The SMILES string of the molecule is CC(NC(=O)CN(c1ccc(F)cc1)S(=O)(=O)c1ccccc1)c1ccccc1. The summed E-state index contributed by atoms with van der Waals surface area (Å²) in [5, 5.41) is 2.81. The van der Waals surface area contributed by atoms with Gasteiger partial charge < -0.3 is 5.32 Å². The number of sulfonamides is 1. The van der Waals surface area contributed by atoms with Crippen LogP contribution in [0.4, 0.5) is 10.1 Å². The molecule has 5 nitrogen and oxygen atoms in total. The number of nitrogens with one attached hydrogen (secondary N) is 1. The van der Waals surface area contributed by atoms with Crippen molar-refractivity contribution in [2.45, 2.75) is 17.9 Å². The van der Waals surface area contributed by atoms with E-state index < -0.39 is 28.3 Å². The molecule has 0 radical (unpaired) electrons. The van der Waals surface area contributed by atoms with Crippen LogP contribution in [0.5, 0.6) is 0 Å². The zero-order chi connectivity index (χ0) is 20.9. The standard InChI is InChI=1S/C22H21FN2O3S/c1-17(18-8-4-2-5-9-18)24-22(26)16-25(20-14-12-19(23)13-15-20)29(27,28)21-10-6-3-7-11-21/h2-15,17H,16H2,1H3,(H,24,26). The summed E-state index contributed by atoms with van der Waals surface area (Å²) in [5.74, 6) is -0.960. The number of anilines is 1. The fourth-order valence-corrected chi connectivity index (χ4v) is 4.33. The van der Waals surface area contributed by atoms with E-state index >= 15 is 0 Å². The third-order valence-corrected chi connectivity index (χ3v) is 6.20. The normalized spacial score (nSPS) is 12.2. The van der Waals surface area contributed by atoms with Crippen LogP contribution in [0.15, 0.2) is 89.8 Å². The molecular weight excluding hydrogens is 391 g/mol. The molecule has 0 bridgehead atoms. The van der Waals surface area contributed by atoms with Crippen molar-refractivity contribution in [2.24, 2.45) is 0 Å². The van der Waals surface area contributed by atoms with Crippen LogP contribution < -0.4 is 9.62 Å². The van der Waals surface area contributed by atoms with Crippen molar-refractivity contribution in [3.8, 4) is 0 Å². The van der Waals surface area contributed by atoms with Gasteiger partial charge in [-0.3, -0.25) is 9.10 Å². The minimum absolute atomic E-state index is 0.0493. The number of nitrogens with zero attached hydrogens (tertiary/aromatic N) is 1. The minimum atomic E-state index is -4.01. The largest absolute Gasteiger partial charge is 0.348 e. The van der Waals surface area contributed by atoms with Crippen molar-refractivity contribution in [1.82, 2.24) is 5.32 Å². The third-order valence-electron chi connectivity index (χ3n) is 4.41. The summed E-state index contributed by atoms with van der Waals surface area (Å²) in [6, 6.07) is 21.9. The minimum Gasteiger partial charge on any atom is -0.348 e. The lowest BCUT2D eigenvalue weighted by Gasteiger charge is -2.25. The Hall–Kier alpha value is -3.19. The molecule has 0 spiro atoms. The predicted octanol–water partition coefficient (Wildman–Crippen LogP) is 3.90. The number of halogens is 1. The summed E-state index contributed by atoms with van der Waals surface area (Å²) >= 11 is 0. The summed E-state index contributed by atoms with van der Waals surface area (Å²) < 4.78 is 40.6. The summed E-state index contributed by atoms with van der Waals surface area (Å²) in [4.78, 5) is 12.7. The zero-order valence-electron chi connectivity index (χ0n) is 15.8. The molecule has 3 rings (SSSR count). The Labute approximate surface area is 169 Å². The highest BCUT2D eigenvalue weighted by molar-refractivity contribution is 7.92. The maximum atomic E-state index is 13.3. The quantitative estimate of drug-likeness (QED) is 0.640. The lowest BCUT2D eigenvalue weighted by atomic mass is 10.1. The average molecular weight is 412 g/mol. The van der Waals surface area contributed by atoms with Crippen molar-refractivity contribution in [1.29, 1.82) is 0 Å². The summed E-state index contributed by atoms with van der Waals surface area (Å²) in [6.45, 7) is 1.39. The van der Waals surface area contributed by atoms with E-state index in [9.17, 15) is 17.6 Å². The molecule has 3 aromatic rings. The highest BCUT2D eigenvalue weighted by Gasteiger charge is 2.27. The molecule has 29 heavy (non-hydrogen) atoms. The van der Waals surface area contributed by atoms with Gasteiger partial charge in [0.05, 0.1) is 16.6 Å². The van der Waals surface area contributed by atoms with Crippen molar-refractivity contribution >= 4 is 21.6 Å². The van der Waals surface area contributed by atoms with Gasteiger partial charge in [-0.05, 0) is 48.9 Å². The lowest BCUT2D eigenvalue weighted by Crippen LogP contribution is -2.41. The van der Waals surface area contributed by atoms with Gasteiger partial charge in [-0.25, -0.2) is 12.8 Å². The highest BCUT2D eigenvalue weighted by Crippen LogP contribution is 2.24. The first-order valence-electron chi connectivity index (χ1n) is 9.05. The van der Waals surface area contributed by atoms with Crippen LogP contribution in [-0.4, -0.2) is 20.9 Å². The number of amides is 1. The smallest absolute Gasteiger partial charge is 0.264 e. The number of carbonyl (C=O) groups excluding carboxylic acids is 1. The van der Waals surface area contributed by atoms with Gasteiger partial charge in [0.15, 0.2) is 0 Å². The first-order valence-corrected chi connectivity index (χ1v) is 10.5. The Morgan fingerprint density at radius 1 is 0.931 bits per heavy atom. The Balaban J connectivity index is 1.87. The number of benzene rings is 3. The summed E-state index contributed by atoms with van der Waals surface area (Å²) in [7, 11) is -4.01. The van der Waals surface area contributed by atoms with E-state index in [2.05, 4.69) is 5.32 Å². The van der Waals surface area contributed by atoms with Gasteiger partial charge in [0.1, 0.15) is 12.4 Å². The van der Waals surface area contributed by atoms with Crippen LogP contribution >= 0.6 is 0 Å². The van der Waals surface area contributed by atoms with E-state index in [1.54, 1.807) is 18.2 Å². The number of rotatable bonds is 7. The van der Waals surface area contributed by atoms with E-state index in [0.717, 1.165) is 22.0 Å². The molecule has 0 aliphatic heterocycles. The lowest BCUT2D eigenvalue weighted by molar-refractivity contribution is -0.120. The fourth-order valence-electron chi connectivity index (χ4n) is 2.88. The molecular formula is C22H21FN2O3S. The van der Waals surface area contributed by atoms with Crippen LogP contribution in [-0.2, 0) is 14.8 Å². The zero-order valence-corrected chi connectivity index (χ0v) is 16.6. The van der Waals surface area contributed by atoms with Crippen LogP contribution in [0, 0.1) is 5.82 Å². The summed E-state index contributed by atoms with van der Waals surface area (Å²) in [6.07, 6.45) is 0. The van der Waals surface area contributed by atoms with Gasteiger partial charge >= 0.3 is 0 Å². The Morgan fingerprint density at radius 3 is 2.07 bits per heavy atom. The monoisotopic (exact) mass is 412 g/mol. The topological polar surface area (TPSA) is 66.5 Å². The van der Waals surface area contributed by atoms with E-state index in [-0.39, 0.29) is 16.6 Å². The summed E-state index contributed by atoms with van der Waals surface area (Å²) in [5.41, 5.74) is 1.11. The average Bonchev–Trinajstić information content (AvgIpc) is 2.74. The fraction of sp³-hybridized carbons (Fsp3) is 0.136. The molecule has 7 heteroatoms. The van der Waals surface area contributed by atoms with Crippen LogP contribution in [0.3, 0.4) is 0 Å². The van der Waals surface area contributed by atoms with E-state index in [1.807, 2.05) is 37.3 Å². The molecule has 0 fully saturated rings. The maximum Gasteiger partial charge on any atom is 0.264 e. The first-order chi connectivity index (χ1) is 13.9. The molecule has 150 valence electrons. The van der Waals surface area contributed by atoms with Gasteiger partial charge in [0.2, 0.25) is 5.91 Å². The van der Waals surface area contributed by atoms with E-state index in [4.69, 9.17) is 0 Å². The number of hydrogen-bond donors (Lipinski definition) is 1. The Morgan fingerprint density at radius 2 is 1.48 bits per heavy atom. The van der Waals surface area contributed by atoms with E-state index in [1.165, 1.54) is 24.3 Å². The van der Waals surface area contributed by atoms with Gasteiger partial charge in [0, 0.05) is 0 Å². The maximum absolute atomic E-state index is 13.3. The van der Waals surface area contributed by atoms with Gasteiger partial charge in [-0.15, -0.1) is 0 Å².